The number of hydrogen-bond acceptors (Lipinski definition) is 6. The average molecular weight is 483 g/mol. The predicted octanol–water partition coefficient (Wildman–Crippen LogP) is 1.18. The molecular weight excluding hydrogens is 444 g/mol. The minimum atomic E-state index is -1.12. The number of nitrogens with zero attached hydrogens (tertiary/aromatic N) is 4. The molecule has 0 spiro atoms. The molecule has 3 aliphatic heterocycles. The van der Waals surface area contributed by atoms with Gasteiger partial charge < -0.3 is 24.8 Å². The summed E-state index contributed by atoms with van der Waals surface area (Å²) in [4.78, 5) is 39.5. The highest BCUT2D eigenvalue weighted by atomic mass is 16.5. The minimum absolute atomic E-state index is 0.0308. The summed E-state index contributed by atoms with van der Waals surface area (Å²) in [6.07, 6.45) is 4.24. The SMILES string of the molecule is CN1CCC(N2CCN(C(=O)[C@](C)(NC(=O)c3ccc4cc[nH]c4c3)N3CCOCC3)CC2)CC1. The largest absolute Gasteiger partial charge is 0.379 e. The maximum atomic E-state index is 14.0. The van der Waals surface area contributed by atoms with E-state index in [1.165, 1.54) is 12.8 Å². The van der Waals surface area contributed by atoms with Crippen LogP contribution in [0.25, 0.3) is 10.9 Å². The number of piperidine rings is 1. The van der Waals surface area contributed by atoms with Crippen LogP contribution >= 0.6 is 0 Å². The third-order valence-corrected chi connectivity index (χ3v) is 8.04. The molecule has 0 unspecified atom stereocenters. The highest BCUT2D eigenvalue weighted by Crippen LogP contribution is 2.23. The Morgan fingerprint density at radius 2 is 1.71 bits per heavy atom. The number of ether oxygens (including phenoxy) is 1. The average Bonchev–Trinajstić information content (AvgIpc) is 3.37. The lowest BCUT2D eigenvalue weighted by Crippen LogP contribution is -2.70. The monoisotopic (exact) mass is 482 g/mol. The molecule has 2 aromatic rings. The Labute approximate surface area is 207 Å². The van der Waals surface area contributed by atoms with E-state index in [0.29, 0.717) is 51.0 Å². The van der Waals surface area contributed by atoms with Gasteiger partial charge in [-0.2, -0.15) is 0 Å². The summed E-state index contributed by atoms with van der Waals surface area (Å²) in [5.41, 5.74) is 0.322. The maximum Gasteiger partial charge on any atom is 0.263 e. The first-order valence-electron chi connectivity index (χ1n) is 12.9. The molecule has 5 rings (SSSR count). The second kappa shape index (κ2) is 10.3. The summed E-state index contributed by atoms with van der Waals surface area (Å²) in [6, 6.07) is 8.17. The number of hydrogen-bond donors (Lipinski definition) is 2. The molecule has 9 nitrogen and oxygen atoms in total. The minimum Gasteiger partial charge on any atom is -0.379 e. The summed E-state index contributed by atoms with van der Waals surface area (Å²) in [5.74, 6) is -0.273. The number of H-pyrrole nitrogens is 1. The molecule has 1 atom stereocenters. The first-order valence-corrected chi connectivity index (χ1v) is 12.9. The quantitative estimate of drug-likeness (QED) is 0.666. The fourth-order valence-electron chi connectivity index (χ4n) is 5.72. The van der Waals surface area contributed by atoms with Crippen molar-refractivity contribution >= 4 is 22.7 Å². The van der Waals surface area contributed by atoms with E-state index in [1.54, 1.807) is 0 Å². The zero-order valence-electron chi connectivity index (χ0n) is 21.0. The molecule has 1 aromatic carbocycles. The van der Waals surface area contributed by atoms with Crippen LogP contribution in [0, 0.1) is 0 Å². The summed E-state index contributed by atoms with van der Waals surface area (Å²) >= 11 is 0. The van der Waals surface area contributed by atoms with E-state index < -0.39 is 5.66 Å². The second-order valence-corrected chi connectivity index (χ2v) is 10.3. The van der Waals surface area contributed by atoms with E-state index in [-0.39, 0.29) is 11.8 Å². The van der Waals surface area contributed by atoms with Crippen LogP contribution in [0.5, 0.6) is 0 Å². The number of amides is 2. The number of carbonyl (C=O) groups is 2. The molecule has 0 saturated carbocycles. The molecule has 4 heterocycles. The van der Waals surface area contributed by atoms with Gasteiger partial charge in [0.25, 0.3) is 11.8 Å². The Bertz CT molecular complexity index is 1030. The fraction of sp³-hybridized carbons (Fsp3) is 0.615. The van der Waals surface area contributed by atoms with Gasteiger partial charge in [-0.25, -0.2) is 0 Å². The number of benzene rings is 1. The lowest BCUT2D eigenvalue weighted by molar-refractivity contribution is -0.151. The molecule has 2 N–H and O–H groups in total. The van der Waals surface area contributed by atoms with E-state index >= 15 is 0 Å². The highest BCUT2D eigenvalue weighted by Gasteiger charge is 2.45. The molecule has 0 aliphatic carbocycles. The van der Waals surface area contributed by atoms with Gasteiger partial charge in [0.2, 0.25) is 0 Å². The third-order valence-electron chi connectivity index (χ3n) is 8.04. The molecule has 9 heteroatoms. The maximum absolute atomic E-state index is 14.0. The summed E-state index contributed by atoms with van der Waals surface area (Å²) in [7, 11) is 2.18. The zero-order valence-corrected chi connectivity index (χ0v) is 21.0. The molecule has 0 bridgehead atoms. The number of piperazine rings is 1. The van der Waals surface area contributed by atoms with Crippen molar-refractivity contribution in [2.45, 2.75) is 31.5 Å². The number of fused-ring (bicyclic) bond motifs is 1. The van der Waals surface area contributed by atoms with Crippen molar-refractivity contribution in [3.63, 3.8) is 0 Å². The van der Waals surface area contributed by atoms with Gasteiger partial charge in [0, 0.05) is 62.6 Å². The molecule has 1 aromatic heterocycles. The number of nitrogens with one attached hydrogen (secondary N) is 2. The Morgan fingerprint density at radius 3 is 2.43 bits per heavy atom. The number of rotatable bonds is 5. The number of morpholine rings is 1. The van der Waals surface area contributed by atoms with Crippen LogP contribution in [0.1, 0.15) is 30.1 Å². The summed E-state index contributed by atoms with van der Waals surface area (Å²) in [5, 5.41) is 4.17. The molecule has 3 fully saturated rings. The third kappa shape index (κ3) is 5.09. The molecule has 3 saturated heterocycles. The Morgan fingerprint density at radius 1 is 1.00 bits per heavy atom. The standard InChI is InChI=1S/C26H38N6O3/c1-26(32-15-17-35-18-16-32,28-24(33)21-4-3-20-5-8-27-23(20)19-21)25(34)31-13-11-30(12-14-31)22-6-9-29(2)10-7-22/h3-5,8,19,22,27H,6-7,9-18H2,1-2H3,(H,28,33)/t26-/m1/s1. The van der Waals surface area contributed by atoms with Crippen molar-refractivity contribution in [2.75, 3.05) is 72.6 Å². The van der Waals surface area contributed by atoms with Gasteiger partial charge in [-0.3, -0.25) is 19.4 Å². The number of aromatic amines is 1. The zero-order chi connectivity index (χ0) is 24.4. The van der Waals surface area contributed by atoms with Gasteiger partial charge >= 0.3 is 0 Å². The van der Waals surface area contributed by atoms with Crippen LogP contribution in [0.4, 0.5) is 0 Å². The fourth-order valence-corrected chi connectivity index (χ4v) is 5.72. The van der Waals surface area contributed by atoms with Gasteiger partial charge in [0.15, 0.2) is 5.66 Å². The van der Waals surface area contributed by atoms with Crippen LogP contribution < -0.4 is 5.32 Å². The lowest BCUT2D eigenvalue weighted by Gasteiger charge is -2.47. The van der Waals surface area contributed by atoms with Crippen molar-refractivity contribution < 1.29 is 14.3 Å². The van der Waals surface area contributed by atoms with Crippen LogP contribution in [0.15, 0.2) is 30.5 Å². The van der Waals surface area contributed by atoms with Gasteiger partial charge in [-0.05, 0) is 63.5 Å². The number of aromatic nitrogens is 1. The van der Waals surface area contributed by atoms with E-state index in [9.17, 15) is 9.59 Å². The van der Waals surface area contributed by atoms with Crippen molar-refractivity contribution in [3.05, 3.63) is 36.0 Å². The molecule has 2 amide bonds. The van der Waals surface area contributed by atoms with E-state index in [0.717, 1.165) is 37.1 Å². The second-order valence-electron chi connectivity index (χ2n) is 10.3. The molecule has 0 radical (unpaired) electrons. The van der Waals surface area contributed by atoms with E-state index in [1.807, 2.05) is 42.3 Å². The normalized spacial score (nSPS) is 23.3. The van der Waals surface area contributed by atoms with Crippen molar-refractivity contribution in [3.8, 4) is 0 Å². The number of likely N-dealkylation sites (tertiary alicyclic amines) is 1. The van der Waals surface area contributed by atoms with Crippen LogP contribution in [0.2, 0.25) is 0 Å². The molecule has 190 valence electrons. The molecule has 35 heavy (non-hydrogen) atoms. The summed E-state index contributed by atoms with van der Waals surface area (Å²) < 4.78 is 5.54. The van der Waals surface area contributed by atoms with Gasteiger partial charge in [0.05, 0.1) is 13.2 Å². The van der Waals surface area contributed by atoms with Crippen LogP contribution in [-0.4, -0.2) is 121 Å². The van der Waals surface area contributed by atoms with E-state index in [4.69, 9.17) is 4.74 Å². The Balaban J connectivity index is 1.29. The Hall–Kier alpha value is -2.46. The molecular formula is C26H38N6O3. The van der Waals surface area contributed by atoms with Gasteiger partial charge in [0.1, 0.15) is 0 Å². The van der Waals surface area contributed by atoms with E-state index in [2.05, 4.69) is 32.0 Å². The lowest BCUT2D eigenvalue weighted by atomic mass is 10.0. The van der Waals surface area contributed by atoms with Crippen LogP contribution in [-0.2, 0) is 9.53 Å². The van der Waals surface area contributed by atoms with Crippen molar-refractivity contribution in [2.24, 2.45) is 0 Å². The van der Waals surface area contributed by atoms with Gasteiger partial charge in [-0.1, -0.05) is 6.07 Å². The first kappa shape index (κ1) is 24.2. The summed E-state index contributed by atoms with van der Waals surface area (Å²) in [6.45, 7) is 9.60. The topological polar surface area (TPSA) is 84.2 Å². The van der Waals surface area contributed by atoms with Crippen molar-refractivity contribution in [1.29, 1.82) is 0 Å². The van der Waals surface area contributed by atoms with Crippen LogP contribution in [0.3, 0.4) is 0 Å². The number of carbonyl (C=O) groups excluding carboxylic acids is 2. The van der Waals surface area contributed by atoms with Crippen molar-refractivity contribution in [1.82, 2.24) is 29.9 Å². The highest BCUT2D eigenvalue weighted by molar-refractivity contribution is 6.01. The first-order chi connectivity index (χ1) is 16.9. The van der Waals surface area contributed by atoms with Gasteiger partial charge in [-0.15, -0.1) is 0 Å². The molecule has 3 aliphatic rings. The smallest absolute Gasteiger partial charge is 0.263 e. The Kier molecular flexibility index (Phi) is 7.11. The predicted molar refractivity (Wildman–Crippen MR) is 135 cm³/mol.